The molecule has 0 saturated heterocycles. The second kappa shape index (κ2) is 5.75. The van der Waals surface area contributed by atoms with Gasteiger partial charge in [0.2, 0.25) is 0 Å². The number of aliphatic imine (C=N–C) groups is 1. The molecule has 1 aromatic rings. The van der Waals surface area contributed by atoms with E-state index in [1.165, 1.54) is 25.7 Å². The van der Waals surface area contributed by atoms with E-state index in [0.717, 1.165) is 16.8 Å². The van der Waals surface area contributed by atoms with E-state index in [2.05, 4.69) is 32.1 Å². The smallest absolute Gasteiger partial charge is 0.147 e. The van der Waals surface area contributed by atoms with E-state index in [0.29, 0.717) is 6.04 Å². The Bertz CT molecular complexity index is 408. The van der Waals surface area contributed by atoms with Gasteiger partial charge in [0.15, 0.2) is 0 Å². The zero-order valence-corrected chi connectivity index (χ0v) is 10.7. The van der Waals surface area contributed by atoms with Gasteiger partial charge in [-0.25, -0.2) is 4.99 Å². The summed E-state index contributed by atoms with van der Waals surface area (Å²) < 4.78 is 0. The first-order valence-electron chi connectivity index (χ1n) is 6.46. The summed E-state index contributed by atoms with van der Waals surface area (Å²) >= 11 is 0. The number of rotatable bonds is 3. The molecule has 0 unspecified atom stereocenters. The van der Waals surface area contributed by atoms with Crippen molar-refractivity contribution in [2.24, 2.45) is 4.99 Å². The van der Waals surface area contributed by atoms with E-state index in [1.54, 1.807) is 0 Å². The van der Waals surface area contributed by atoms with Crippen LogP contribution in [0.1, 0.15) is 45.1 Å². The molecule has 1 aliphatic rings. The van der Waals surface area contributed by atoms with Crippen LogP contribution in [0.15, 0.2) is 40.9 Å². The maximum absolute atomic E-state index is 4.79. The molecule has 0 heterocycles. The molecule has 0 amide bonds. The van der Waals surface area contributed by atoms with Crippen LogP contribution in [0, 0.1) is 6.08 Å². The summed E-state index contributed by atoms with van der Waals surface area (Å²) in [6.45, 7) is 4.20. The lowest BCUT2D eigenvalue weighted by atomic mass is 10.1. The minimum atomic E-state index is 0.558. The number of benzene rings is 1. The fraction of sp³-hybridized carbons (Fsp3) is 0.438. The zero-order valence-electron chi connectivity index (χ0n) is 10.7. The average molecular weight is 226 g/mol. The average Bonchev–Trinajstić information content (AvgIpc) is 2.83. The van der Waals surface area contributed by atoms with Crippen LogP contribution >= 0.6 is 0 Å². The molecule has 1 aromatic carbocycles. The first-order chi connectivity index (χ1) is 8.25. The molecule has 1 aliphatic carbocycles. The summed E-state index contributed by atoms with van der Waals surface area (Å²) in [6.07, 6.45) is 8.60. The minimum absolute atomic E-state index is 0.558. The van der Waals surface area contributed by atoms with Crippen LogP contribution in [0.3, 0.4) is 0 Å². The molecule has 0 bridgehead atoms. The standard InChI is InChI=1S/C16H20N/c1-13(12-15-8-4-3-5-9-15)14(2)17-16-10-6-7-11-16/h3-5,8-9,16H,6-7,10-11H2,1-2H3/q+1. The van der Waals surface area contributed by atoms with Gasteiger partial charge in [0.1, 0.15) is 16.8 Å². The third-order valence-electron chi connectivity index (χ3n) is 3.35. The van der Waals surface area contributed by atoms with E-state index < -0.39 is 0 Å². The normalized spacial score (nSPS) is 18.2. The molecule has 0 radical (unpaired) electrons. The highest BCUT2D eigenvalue weighted by atomic mass is 14.8. The molecule has 1 heteroatoms. The van der Waals surface area contributed by atoms with Gasteiger partial charge >= 0.3 is 0 Å². The molecule has 1 nitrogen and oxygen atoms in total. The molecule has 1 fully saturated rings. The Morgan fingerprint density at radius 3 is 2.41 bits per heavy atom. The van der Waals surface area contributed by atoms with Gasteiger partial charge in [0, 0.05) is 25.1 Å². The van der Waals surface area contributed by atoms with Crippen molar-refractivity contribution < 1.29 is 0 Å². The molecular formula is C16H20N+. The number of hydrogen-bond donors (Lipinski definition) is 0. The van der Waals surface area contributed by atoms with E-state index in [9.17, 15) is 0 Å². The predicted octanol–water partition coefficient (Wildman–Crippen LogP) is 4.19. The predicted molar refractivity (Wildman–Crippen MR) is 73.3 cm³/mol. The summed E-state index contributed by atoms with van der Waals surface area (Å²) in [7, 11) is 0. The van der Waals surface area contributed by atoms with E-state index in [1.807, 2.05) is 18.2 Å². The van der Waals surface area contributed by atoms with Crippen molar-refractivity contribution in [2.75, 3.05) is 0 Å². The van der Waals surface area contributed by atoms with Gasteiger partial charge in [0.05, 0.1) is 6.04 Å². The van der Waals surface area contributed by atoms with Crippen molar-refractivity contribution in [3.8, 4) is 0 Å². The summed E-state index contributed by atoms with van der Waals surface area (Å²) in [5, 5.41) is 0. The molecule has 0 aromatic heterocycles. The van der Waals surface area contributed by atoms with Crippen molar-refractivity contribution in [3.63, 3.8) is 0 Å². The van der Waals surface area contributed by atoms with Gasteiger partial charge in [0.25, 0.3) is 0 Å². The van der Waals surface area contributed by atoms with Crippen molar-refractivity contribution in [2.45, 2.75) is 45.6 Å². The molecule has 2 rings (SSSR count). The van der Waals surface area contributed by atoms with E-state index in [-0.39, 0.29) is 0 Å². The van der Waals surface area contributed by atoms with Crippen LogP contribution in [-0.2, 0) is 0 Å². The Morgan fingerprint density at radius 2 is 1.76 bits per heavy atom. The summed E-state index contributed by atoms with van der Waals surface area (Å²) in [6, 6.07) is 10.8. The van der Waals surface area contributed by atoms with Crippen LogP contribution in [0.4, 0.5) is 0 Å². The van der Waals surface area contributed by atoms with Gasteiger partial charge in [-0.2, -0.15) is 0 Å². The minimum Gasteiger partial charge on any atom is -0.238 e. The third kappa shape index (κ3) is 3.51. The van der Waals surface area contributed by atoms with Gasteiger partial charge in [-0.05, 0) is 38.0 Å². The van der Waals surface area contributed by atoms with E-state index >= 15 is 0 Å². The van der Waals surface area contributed by atoms with Crippen LogP contribution in [0.5, 0.6) is 0 Å². The van der Waals surface area contributed by atoms with Gasteiger partial charge in [-0.3, -0.25) is 0 Å². The molecular weight excluding hydrogens is 206 g/mol. The Hall–Kier alpha value is -1.46. The van der Waals surface area contributed by atoms with Crippen molar-refractivity contribution in [1.82, 2.24) is 0 Å². The summed E-state index contributed by atoms with van der Waals surface area (Å²) in [5.41, 5.74) is 3.43. The Kier molecular flexibility index (Phi) is 4.06. The summed E-state index contributed by atoms with van der Waals surface area (Å²) in [5.74, 6) is 0. The number of nitrogens with zero attached hydrogens (tertiary/aromatic N) is 1. The number of allylic oxidation sites excluding steroid dienone is 1. The molecule has 17 heavy (non-hydrogen) atoms. The molecule has 1 saturated carbocycles. The fourth-order valence-corrected chi connectivity index (χ4v) is 2.23. The van der Waals surface area contributed by atoms with Crippen LogP contribution in [0.25, 0.3) is 0 Å². The lowest BCUT2D eigenvalue weighted by molar-refractivity contribution is 0.706. The fourth-order valence-electron chi connectivity index (χ4n) is 2.23. The second-order valence-electron chi connectivity index (χ2n) is 4.77. The highest BCUT2D eigenvalue weighted by molar-refractivity contribution is 5.97. The van der Waals surface area contributed by atoms with Crippen molar-refractivity contribution in [1.29, 1.82) is 0 Å². The van der Waals surface area contributed by atoms with Gasteiger partial charge < -0.3 is 0 Å². The largest absolute Gasteiger partial charge is 0.238 e. The highest BCUT2D eigenvalue weighted by Crippen LogP contribution is 2.21. The van der Waals surface area contributed by atoms with Crippen LogP contribution in [-0.4, -0.2) is 11.8 Å². The third-order valence-corrected chi connectivity index (χ3v) is 3.35. The SMILES string of the molecule is CC(=[C+]c1ccccc1)C(C)=NC1CCCC1. The van der Waals surface area contributed by atoms with Crippen molar-refractivity contribution >= 4 is 5.71 Å². The summed E-state index contributed by atoms with van der Waals surface area (Å²) in [4.78, 5) is 4.79. The van der Waals surface area contributed by atoms with Gasteiger partial charge in [-0.1, -0.05) is 12.8 Å². The lowest BCUT2D eigenvalue weighted by Gasteiger charge is -2.01. The zero-order chi connectivity index (χ0) is 12.1. The second-order valence-corrected chi connectivity index (χ2v) is 4.77. The Balaban J connectivity index is 2.08. The van der Waals surface area contributed by atoms with Gasteiger partial charge in [-0.15, -0.1) is 0 Å². The van der Waals surface area contributed by atoms with Crippen molar-refractivity contribution in [3.05, 3.63) is 47.5 Å². The first kappa shape index (κ1) is 12.0. The monoisotopic (exact) mass is 226 g/mol. The molecule has 88 valence electrons. The molecule has 0 atom stereocenters. The Morgan fingerprint density at radius 1 is 1.12 bits per heavy atom. The van der Waals surface area contributed by atoms with Crippen LogP contribution < -0.4 is 0 Å². The topological polar surface area (TPSA) is 12.4 Å². The molecule has 0 N–H and O–H groups in total. The first-order valence-corrected chi connectivity index (χ1v) is 6.46. The highest BCUT2D eigenvalue weighted by Gasteiger charge is 2.15. The molecule has 0 spiro atoms. The van der Waals surface area contributed by atoms with E-state index in [4.69, 9.17) is 4.99 Å². The number of hydrogen-bond acceptors (Lipinski definition) is 1. The van der Waals surface area contributed by atoms with Crippen LogP contribution in [0.2, 0.25) is 0 Å². The molecule has 0 aliphatic heterocycles. The quantitative estimate of drug-likeness (QED) is 0.541. The maximum Gasteiger partial charge on any atom is 0.147 e. The lowest BCUT2D eigenvalue weighted by Crippen LogP contribution is -2.03. The maximum atomic E-state index is 4.79. The Labute approximate surface area is 104 Å².